The van der Waals surface area contributed by atoms with E-state index >= 15 is 0 Å². The van der Waals surface area contributed by atoms with Crippen LogP contribution in [0.4, 0.5) is 24.7 Å². The van der Waals surface area contributed by atoms with Crippen molar-refractivity contribution < 1.29 is 13.2 Å². The normalized spacial score (nSPS) is 10.4. The van der Waals surface area contributed by atoms with Gasteiger partial charge in [-0.05, 0) is 34.1 Å². The van der Waals surface area contributed by atoms with E-state index in [1.807, 2.05) is 0 Å². The Hall–Kier alpha value is -1.56. The maximum Gasteiger partial charge on any atom is 0.166 e. The first-order valence-corrected chi connectivity index (χ1v) is 5.39. The first-order valence-electron chi connectivity index (χ1n) is 4.60. The molecule has 0 saturated heterocycles. The molecule has 17 heavy (non-hydrogen) atoms. The Morgan fingerprint density at radius 2 is 1.71 bits per heavy atom. The average Bonchev–Trinajstić information content (AvgIpc) is 2.26. The number of rotatable bonds is 2. The molecule has 2 rings (SSSR count). The lowest BCUT2D eigenvalue weighted by molar-refractivity contribution is 0.588. The summed E-state index contributed by atoms with van der Waals surface area (Å²) in [6.07, 6.45) is 1.32. The van der Waals surface area contributed by atoms with Crippen molar-refractivity contribution in [3.63, 3.8) is 0 Å². The van der Waals surface area contributed by atoms with Gasteiger partial charge in [-0.3, -0.25) is 0 Å². The van der Waals surface area contributed by atoms with Gasteiger partial charge >= 0.3 is 0 Å². The molecule has 88 valence electrons. The summed E-state index contributed by atoms with van der Waals surface area (Å²) in [6.45, 7) is 0. The summed E-state index contributed by atoms with van der Waals surface area (Å²) < 4.78 is 40.4. The van der Waals surface area contributed by atoms with E-state index in [0.717, 1.165) is 18.2 Å². The second kappa shape index (κ2) is 4.75. The molecule has 0 atom stereocenters. The smallest absolute Gasteiger partial charge is 0.166 e. The number of pyridine rings is 1. The van der Waals surface area contributed by atoms with E-state index in [-0.39, 0.29) is 5.82 Å². The molecule has 0 aliphatic rings. The Kier molecular flexibility index (Phi) is 3.33. The molecule has 2 nitrogen and oxygen atoms in total. The van der Waals surface area contributed by atoms with Gasteiger partial charge in [-0.1, -0.05) is 6.07 Å². The minimum atomic E-state index is -0.811. The zero-order valence-corrected chi connectivity index (χ0v) is 9.93. The van der Waals surface area contributed by atoms with Gasteiger partial charge in [0.1, 0.15) is 17.3 Å². The predicted molar refractivity (Wildman–Crippen MR) is 61.5 cm³/mol. The first-order chi connectivity index (χ1) is 8.08. The van der Waals surface area contributed by atoms with Crippen LogP contribution in [0, 0.1) is 17.5 Å². The van der Waals surface area contributed by atoms with Crippen LogP contribution in [0.5, 0.6) is 0 Å². The van der Waals surface area contributed by atoms with Crippen molar-refractivity contribution in [2.75, 3.05) is 5.32 Å². The van der Waals surface area contributed by atoms with Crippen LogP contribution in [0.3, 0.4) is 0 Å². The highest BCUT2D eigenvalue weighted by Crippen LogP contribution is 2.24. The quantitative estimate of drug-likeness (QED) is 0.907. The lowest BCUT2D eigenvalue weighted by Gasteiger charge is -2.08. The van der Waals surface area contributed by atoms with Crippen LogP contribution < -0.4 is 5.32 Å². The number of anilines is 2. The van der Waals surface area contributed by atoms with Gasteiger partial charge in [0.25, 0.3) is 0 Å². The maximum absolute atomic E-state index is 13.4. The number of hydrogen-bond donors (Lipinski definition) is 1. The molecule has 0 fully saturated rings. The van der Waals surface area contributed by atoms with Gasteiger partial charge in [0.2, 0.25) is 0 Å². The highest BCUT2D eigenvalue weighted by Gasteiger charge is 2.11. The first kappa shape index (κ1) is 11.9. The van der Waals surface area contributed by atoms with Crippen molar-refractivity contribution in [3.05, 3.63) is 52.4 Å². The van der Waals surface area contributed by atoms with Crippen LogP contribution in [-0.4, -0.2) is 4.98 Å². The third-order valence-electron chi connectivity index (χ3n) is 2.01. The number of halogens is 4. The molecule has 1 heterocycles. The minimum absolute atomic E-state index is 0.239. The summed E-state index contributed by atoms with van der Waals surface area (Å²) in [4.78, 5) is 3.69. The predicted octanol–water partition coefficient (Wildman–Crippen LogP) is 4.01. The molecule has 1 aromatic heterocycles. The number of benzene rings is 1. The van der Waals surface area contributed by atoms with Gasteiger partial charge in [-0.2, -0.15) is 0 Å². The van der Waals surface area contributed by atoms with Crippen LogP contribution in [-0.2, 0) is 0 Å². The molecule has 0 spiro atoms. The zero-order valence-electron chi connectivity index (χ0n) is 8.35. The summed E-state index contributed by atoms with van der Waals surface area (Å²) >= 11 is 3.03. The number of hydrogen-bond acceptors (Lipinski definition) is 2. The van der Waals surface area contributed by atoms with Crippen LogP contribution >= 0.6 is 15.9 Å². The molecule has 1 aromatic carbocycles. The highest BCUT2D eigenvalue weighted by molar-refractivity contribution is 9.10. The largest absolute Gasteiger partial charge is 0.333 e. The van der Waals surface area contributed by atoms with Crippen molar-refractivity contribution in [1.82, 2.24) is 4.98 Å². The molecule has 0 unspecified atom stereocenters. The molecule has 0 radical (unpaired) electrons. The number of nitrogens with one attached hydrogen (secondary N) is 1. The third-order valence-corrected chi connectivity index (χ3v) is 2.45. The molecular formula is C11H6BrF3N2. The lowest BCUT2D eigenvalue weighted by Crippen LogP contribution is -2.01. The molecule has 0 bridgehead atoms. The van der Waals surface area contributed by atoms with Gasteiger partial charge in [0, 0.05) is 10.7 Å². The van der Waals surface area contributed by atoms with Gasteiger partial charge in [0.15, 0.2) is 11.6 Å². The second-order valence-corrected chi connectivity index (χ2v) is 4.12. The number of aromatic nitrogens is 1. The van der Waals surface area contributed by atoms with E-state index in [9.17, 15) is 13.2 Å². The van der Waals surface area contributed by atoms with Crippen molar-refractivity contribution in [3.8, 4) is 0 Å². The van der Waals surface area contributed by atoms with Crippen LogP contribution in [0.1, 0.15) is 0 Å². The van der Waals surface area contributed by atoms with Gasteiger partial charge in [-0.15, -0.1) is 0 Å². The van der Waals surface area contributed by atoms with Crippen LogP contribution in [0.25, 0.3) is 0 Å². The minimum Gasteiger partial charge on any atom is -0.333 e. The molecule has 6 heteroatoms. The molecule has 0 amide bonds. The number of para-hydroxylation sites is 1. The van der Waals surface area contributed by atoms with E-state index in [1.54, 1.807) is 0 Å². The molecule has 0 saturated carbocycles. The van der Waals surface area contributed by atoms with Crippen LogP contribution in [0.15, 0.2) is 34.9 Å². The summed E-state index contributed by atoms with van der Waals surface area (Å²) in [7, 11) is 0. The van der Waals surface area contributed by atoms with Crippen molar-refractivity contribution in [2.24, 2.45) is 0 Å². The van der Waals surface area contributed by atoms with E-state index < -0.39 is 23.1 Å². The van der Waals surface area contributed by atoms with Crippen LogP contribution in [0.2, 0.25) is 0 Å². The monoisotopic (exact) mass is 302 g/mol. The fourth-order valence-corrected chi connectivity index (χ4v) is 1.55. The summed E-state index contributed by atoms with van der Waals surface area (Å²) in [5.41, 5.74) is -0.429. The third kappa shape index (κ3) is 2.58. The molecule has 0 aliphatic carbocycles. The Morgan fingerprint density at radius 1 is 1.06 bits per heavy atom. The second-order valence-electron chi connectivity index (χ2n) is 3.21. The maximum atomic E-state index is 13.4. The topological polar surface area (TPSA) is 24.9 Å². The van der Waals surface area contributed by atoms with Gasteiger partial charge in [0.05, 0.1) is 0 Å². The summed E-state index contributed by atoms with van der Waals surface area (Å²) in [5, 5.41) is 2.28. The highest BCUT2D eigenvalue weighted by atomic mass is 79.9. The molecule has 2 aromatic rings. The molecule has 0 aliphatic heterocycles. The Balaban J connectivity index is 2.38. The standard InChI is InChI=1S/C11H6BrF3N2/c12-6-4-9(15)11(16-5-6)17-10-7(13)2-1-3-8(10)14/h1-5H,(H,16,17). The van der Waals surface area contributed by atoms with Gasteiger partial charge in [-0.25, -0.2) is 18.2 Å². The Bertz CT molecular complexity index is 540. The summed E-state index contributed by atoms with van der Waals surface area (Å²) in [6, 6.07) is 4.51. The van der Waals surface area contributed by atoms with Crippen molar-refractivity contribution >= 4 is 27.4 Å². The SMILES string of the molecule is Fc1cc(Br)cnc1Nc1c(F)cccc1F. The van der Waals surface area contributed by atoms with Gasteiger partial charge < -0.3 is 5.32 Å². The zero-order chi connectivity index (χ0) is 12.4. The molecule has 1 N–H and O–H groups in total. The van der Waals surface area contributed by atoms with E-state index in [2.05, 4.69) is 26.2 Å². The summed E-state index contributed by atoms with van der Waals surface area (Å²) in [5.74, 6) is -2.57. The van der Waals surface area contributed by atoms with E-state index in [4.69, 9.17) is 0 Å². The van der Waals surface area contributed by atoms with Crippen molar-refractivity contribution in [1.29, 1.82) is 0 Å². The fraction of sp³-hybridized carbons (Fsp3) is 0. The number of nitrogens with zero attached hydrogens (tertiary/aromatic N) is 1. The Labute approximate surface area is 104 Å². The van der Waals surface area contributed by atoms with E-state index in [0.29, 0.717) is 4.47 Å². The van der Waals surface area contributed by atoms with Crippen molar-refractivity contribution in [2.45, 2.75) is 0 Å². The Morgan fingerprint density at radius 3 is 2.29 bits per heavy atom. The lowest BCUT2D eigenvalue weighted by atomic mass is 10.3. The average molecular weight is 303 g/mol. The molecular weight excluding hydrogens is 297 g/mol. The fourth-order valence-electron chi connectivity index (χ4n) is 1.24. The van der Waals surface area contributed by atoms with E-state index in [1.165, 1.54) is 12.3 Å².